The molecule has 4 rings (SSSR count). The van der Waals surface area contributed by atoms with Gasteiger partial charge in [0, 0.05) is 44.8 Å². The van der Waals surface area contributed by atoms with Gasteiger partial charge in [0.1, 0.15) is 12.4 Å². The Labute approximate surface area is 186 Å². The van der Waals surface area contributed by atoms with Crippen LogP contribution in [-0.2, 0) is 11.3 Å². The molecule has 0 saturated carbocycles. The van der Waals surface area contributed by atoms with Gasteiger partial charge in [-0.05, 0) is 17.2 Å². The van der Waals surface area contributed by atoms with Crippen molar-refractivity contribution in [3.63, 3.8) is 0 Å². The first kappa shape index (κ1) is 21.6. The molecule has 0 radical (unpaired) electrons. The van der Waals surface area contributed by atoms with Crippen LogP contribution in [0.15, 0.2) is 84.9 Å². The highest BCUT2D eigenvalue weighted by Gasteiger charge is 2.16. The highest BCUT2D eigenvalue weighted by Crippen LogP contribution is 2.29. The van der Waals surface area contributed by atoms with Crippen molar-refractivity contribution in [1.29, 1.82) is 0 Å². The summed E-state index contributed by atoms with van der Waals surface area (Å²) in [7, 11) is 0. The summed E-state index contributed by atoms with van der Waals surface area (Å²) >= 11 is 0. The van der Waals surface area contributed by atoms with Crippen molar-refractivity contribution >= 4 is 0 Å². The first-order valence-corrected chi connectivity index (χ1v) is 11.2. The number of ether oxygens (including phenoxy) is 2. The van der Waals surface area contributed by atoms with Gasteiger partial charge in [0.25, 0.3) is 0 Å². The van der Waals surface area contributed by atoms with Crippen molar-refractivity contribution < 1.29 is 9.47 Å². The van der Waals surface area contributed by atoms with E-state index in [0.29, 0.717) is 13.2 Å². The lowest BCUT2D eigenvalue weighted by molar-refractivity contribution is 0.0603. The average molecular weight is 417 g/mol. The van der Waals surface area contributed by atoms with Gasteiger partial charge < -0.3 is 9.47 Å². The Bertz CT molecular complexity index is 893. The lowest BCUT2D eigenvalue weighted by Gasteiger charge is -2.34. The van der Waals surface area contributed by atoms with E-state index in [-0.39, 0.29) is 0 Å². The second-order valence-electron chi connectivity index (χ2n) is 7.93. The minimum Gasteiger partial charge on any atom is -0.491 e. The summed E-state index contributed by atoms with van der Waals surface area (Å²) < 4.78 is 11.9. The first-order chi connectivity index (χ1) is 15.4. The third-order valence-electron chi connectivity index (χ3n) is 5.72. The monoisotopic (exact) mass is 416 g/mol. The number of benzene rings is 3. The fraction of sp³-hybridized carbons (Fsp3) is 0.333. The van der Waals surface area contributed by atoms with Crippen molar-refractivity contribution in [1.82, 2.24) is 9.80 Å². The Morgan fingerprint density at radius 3 is 2.03 bits per heavy atom. The zero-order chi connectivity index (χ0) is 21.1. The Balaban J connectivity index is 1.11. The van der Waals surface area contributed by atoms with E-state index in [0.717, 1.165) is 57.2 Å². The molecular weight excluding hydrogens is 384 g/mol. The molecule has 1 aliphatic heterocycles. The molecule has 4 heteroatoms. The number of nitrogens with zero attached hydrogens (tertiary/aromatic N) is 2. The van der Waals surface area contributed by atoms with Crippen molar-refractivity contribution in [2.45, 2.75) is 6.54 Å². The standard InChI is InChI=1S/C27H32N2O2/c1-3-9-24(10-4-1)23-29-17-15-28(16-18-29)19-20-30-21-22-31-27-14-8-7-13-26(27)25-11-5-2-6-12-25/h1-14H,15-23H2. The van der Waals surface area contributed by atoms with Gasteiger partial charge in [-0.1, -0.05) is 78.9 Å². The molecule has 0 N–H and O–H groups in total. The van der Waals surface area contributed by atoms with E-state index in [1.807, 2.05) is 24.3 Å². The van der Waals surface area contributed by atoms with Crippen molar-refractivity contribution in [2.24, 2.45) is 0 Å². The van der Waals surface area contributed by atoms with Crippen LogP contribution in [0.25, 0.3) is 11.1 Å². The van der Waals surface area contributed by atoms with E-state index >= 15 is 0 Å². The fourth-order valence-corrected chi connectivity index (χ4v) is 3.97. The van der Waals surface area contributed by atoms with Gasteiger partial charge in [-0.3, -0.25) is 9.80 Å². The maximum Gasteiger partial charge on any atom is 0.127 e. The van der Waals surface area contributed by atoms with Crippen LogP contribution in [-0.4, -0.2) is 62.3 Å². The third-order valence-corrected chi connectivity index (χ3v) is 5.72. The van der Waals surface area contributed by atoms with Crippen LogP contribution in [0.1, 0.15) is 5.56 Å². The van der Waals surface area contributed by atoms with E-state index < -0.39 is 0 Å². The lowest BCUT2D eigenvalue weighted by Crippen LogP contribution is -2.46. The second kappa shape index (κ2) is 11.7. The summed E-state index contributed by atoms with van der Waals surface area (Å²) in [5.41, 5.74) is 3.69. The molecular formula is C27H32N2O2. The van der Waals surface area contributed by atoms with Gasteiger partial charge in [0.15, 0.2) is 0 Å². The first-order valence-electron chi connectivity index (χ1n) is 11.2. The number of hydrogen-bond donors (Lipinski definition) is 0. The largest absolute Gasteiger partial charge is 0.491 e. The van der Waals surface area contributed by atoms with E-state index in [1.165, 1.54) is 11.1 Å². The Hall–Kier alpha value is -2.66. The highest BCUT2D eigenvalue weighted by atomic mass is 16.5. The maximum absolute atomic E-state index is 6.01. The molecule has 1 fully saturated rings. The van der Waals surface area contributed by atoms with Crippen molar-refractivity contribution in [2.75, 3.05) is 52.5 Å². The summed E-state index contributed by atoms with van der Waals surface area (Å²) in [5.74, 6) is 0.909. The molecule has 0 spiro atoms. The lowest BCUT2D eigenvalue weighted by atomic mass is 10.1. The van der Waals surface area contributed by atoms with Crippen molar-refractivity contribution in [3.05, 3.63) is 90.5 Å². The predicted octanol–water partition coefficient (Wildman–Crippen LogP) is 4.57. The fourth-order valence-electron chi connectivity index (χ4n) is 3.97. The molecule has 162 valence electrons. The van der Waals surface area contributed by atoms with Crippen LogP contribution in [0.4, 0.5) is 0 Å². The summed E-state index contributed by atoms with van der Waals surface area (Å²) in [6, 6.07) is 29.3. The Morgan fingerprint density at radius 1 is 0.613 bits per heavy atom. The molecule has 4 nitrogen and oxygen atoms in total. The minimum atomic E-state index is 0.564. The summed E-state index contributed by atoms with van der Waals surface area (Å²) in [6.07, 6.45) is 0. The minimum absolute atomic E-state index is 0.564. The number of rotatable bonds is 10. The molecule has 31 heavy (non-hydrogen) atoms. The molecule has 1 aliphatic rings. The smallest absolute Gasteiger partial charge is 0.127 e. The number of piperazine rings is 1. The van der Waals surface area contributed by atoms with Crippen molar-refractivity contribution in [3.8, 4) is 16.9 Å². The van der Waals surface area contributed by atoms with Crippen LogP contribution in [0, 0.1) is 0 Å². The molecule has 0 aromatic heterocycles. The highest BCUT2D eigenvalue weighted by molar-refractivity contribution is 5.70. The van der Waals surface area contributed by atoms with E-state index in [4.69, 9.17) is 9.47 Å². The van der Waals surface area contributed by atoms with Crippen LogP contribution in [0.3, 0.4) is 0 Å². The molecule has 0 unspecified atom stereocenters. The zero-order valence-electron chi connectivity index (χ0n) is 18.2. The molecule has 1 saturated heterocycles. The maximum atomic E-state index is 6.01. The molecule has 0 atom stereocenters. The molecule has 3 aromatic rings. The molecule has 0 aliphatic carbocycles. The van der Waals surface area contributed by atoms with Gasteiger partial charge in [0.2, 0.25) is 0 Å². The topological polar surface area (TPSA) is 24.9 Å². The SMILES string of the molecule is c1ccc(CN2CCN(CCOCCOc3ccccc3-c3ccccc3)CC2)cc1. The quantitative estimate of drug-likeness (QED) is 0.452. The summed E-state index contributed by atoms with van der Waals surface area (Å²) in [4.78, 5) is 5.03. The van der Waals surface area contributed by atoms with Gasteiger partial charge in [-0.15, -0.1) is 0 Å². The van der Waals surface area contributed by atoms with Crippen LogP contribution >= 0.6 is 0 Å². The summed E-state index contributed by atoms with van der Waals surface area (Å²) in [6.45, 7) is 8.41. The molecule has 0 bridgehead atoms. The van der Waals surface area contributed by atoms with Crippen LogP contribution in [0.5, 0.6) is 5.75 Å². The van der Waals surface area contributed by atoms with E-state index in [9.17, 15) is 0 Å². The van der Waals surface area contributed by atoms with Gasteiger partial charge >= 0.3 is 0 Å². The Kier molecular flexibility index (Phi) is 8.11. The third kappa shape index (κ3) is 6.66. The second-order valence-corrected chi connectivity index (χ2v) is 7.93. The van der Waals surface area contributed by atoms with Crippen LogP contribution < -0.4 is 4.74 Å². The summed E-state index contributed by atoms with van der Waals surface area (Å²) in [5, 5.41) is 0. The van der Waals surface area contributed by atoms with Gasteiger partial charge in [0.05, 0.1) is 13.2 Å². The van der Waals surface area contributed by atoms with E-state index in [1.54, 1.807) is 0 Å². The van der Waals surface area contributed by atoms with E-state index in [2.05, 4.69) is 70.5 Å². The predicted molar refractivity (Wildman–Crippen MR) is 126 cm³/mol. The molecule has 3 aromatic carbocycles. The van der Waals surface area contributed by atoms with Gasteiger partial charge in [-0.2, -0.15) is 0 Å². The average Bonchev–Trinajstić information content (AvgIpc) is 2.84. The number of hydrogen-bond acceptors (Lipinski definition) is 4. The zero-order valence-corrected chi connectivity index (χ0v) is 18.2. The number of para-hydroxylation sites is 1. The van der Waals surface area contributed by atoms with Crippen LogP contribution in [0.2, 0.25) is 0 Å². The molecule has 1 heterocycles. The normalized spacial score (nSPS) is 15.1. The Morgan fingerprint density at radius 2 is 1.26 bits per heavy atom. The van der Waals surface area contributed by atoms with Gasteiger partial charge in [-0.25, -0.2) is 0 Å². The molecule has 0 amide bonds.